The van der Waals surface area contributed by atoms with Crippen LogP contribution in [0.15, 0.2) is 28.0 Å². The lowest BCUT2D eigenvalue weighted by Crippen LogP contribution is -2.17. The van der Waals surface area contributed by atoms with E-state index in [-0.39, 0.29) is 0 Å². The molecule has 9 heteroatoms. The van der Waals surface area contributed by atoms with Crippen LogP contribution in [0, 0.1) is 0 Å². The number of benzene rings is 1. The summed E-state index contributed by atoms with van der Waals surface area (Å²) in [4.78, 5) is -1.62. The van der Waals surface area contributed by atoms with E-state index in [0.717, 1.165) is 12.1 Å². The summed E-state index contributed by atoms with van der Waals surface area (Å²) in [6.45, 7) is 3.38. The first-order valence-corrected chi connectivity index (χ1v) is 8.66. The van der Waals surface area contributed by atoms with Crippen LogP contribution >= 0.6 is 0 Å². The average Bonchev–Trinajstić information content (AvgIpc) is 2.26. The standard InChI is InChI=1S/C11H16O7S2/c1-3-4-8(2)18-20(16,17)10-6-5-9(12)7-11(10)19(13,14)15/h5-8,12H,3-4H2,1-2H3,(H,13,14,15). The molecule has 1 atom stereocenters. The van der Waals surface area contributed by atoms with Crippen LogP contribution in [-0.2, 0) is 24.4 Å². The molecule has 0 saturated carbocycles. The second kappa shape index (κ2) is 6.08. The van der Waals surface area contributed by atoms with Gasteiger partial charge in [-0.3, -0.25) is 8.74 Å². The van der Waals surface area contributed by atoms with Crippen LogP contribution in [0.1, 0.15) is 26.7 Å². The maximum Gasteiger partial charge on any atom is 0.298 e. The summed E-state index contributed by atoms with van der Waals surface area (Å²) in [6, 6.07) is 2.51. The molecule has 0 bridgehead atoms. The Labute approximate surface area is 118 Å². The molecule has 0 heterocycles. The summed E-state index contributed by atoms with van der Waals surface area (Å²) in [5.74, 6) is -0.488. The zero-order chi connectivity index (χ0) is 15.6. The Kier molecular flexibility index (Phi) is 5.14. The Morgan fingerprint density at radius 3 is 2.30 bits per heavy atom. The van der Waals surface area contributed by atoms with E-state index in [1.54, 1.807) is 0 Å². The Balaban J connectivity index is 3.32. The van der Waals surface area contributed by atoms with Gasteiger partial charge in [-0.2, -0.15) is 16.8 Å². The third-order valence-corrected chi connectivity index (χ3v) is 4.96. The van der Waals surface area contributed by atoms with Crippen molar-refractivity contribution in [3.63, 3.8) is 0 Å². The summed E-state index contributed by atoms with van der Waals surface area (Å²) in [7, 11) is -9.17. The largest absolute Gasteiger partial charge is 0.508 e. The van der Waals surface area contributed by atoms with E-state index >= 15 is 0 Å². The van der Waals surface area contributed by atoms with Crippen molar-refractivity contribution in [2.24, 2.45) is 0 Å². The molecule has 0 aliphatic heterocycles. The average molecular weight is 324 g/mol. The van der Waals surface area contributed by atoms with E-state index in [4.69, 9.17) is 8.74 Å². The molecule has 2 N–H and O–H groups in total. The highest BCUT2D eigenvalue weighted by Crippen LogP contribution is 2.27. The fraction of sp³-hybridized carbons (Fsp3) is 0.455. The van der Waals surface area contributed by atoms with Crippen LogP contribution in [0.2, 0.25) is 0 Å². The van der Waals surface area contributed by atoms with Gasteiger partial charge in [-0.15, -0.1) is 0 Å². The van der Waals surface area contributed by atoms with Crippen LogP contribution in [0.4, 0.5) is 0 Å². The van der Waals surface area contributed by atoms with Gasteiger partial charge in [0.25, 0.3) is 20.2 Å². The lowest BCUT2D eigenvalue weighted by Gasteiger charge is -2.13. The van der Waals surface area contributed by atoms with E-state index in [2.05, 4.69) is 0 Å². The van der Waals surface area contributed by atoms with Crippen molar-refractivity contribution < 1.29 is 30.7 Å². The zero-order valence-electron chi connectivity index (χ0n) is 11.0. The van der Waals surface area contributed by atoms with Gasteiger partial charge >= 0.3 is 0 Å². The van der Waals surface area contributed by atoms with Gasteiger partial charge in [0, 0.05) is 6.07 Å². The lowest BCUT2D eigenvalue weighted by molar-refractivity contribution is 0.216. The monoisotopic (exact) mass is 324 g/mol. The maximum absolute atomic E-state index is 12.0. The van der Waals surface area contributed by atoms with Gasteiger partial charge in [-0.1, -0.05) is 13.3 Å². The number of phenolic OH excluding ortho intramolecular Hbond substituents is 1. The first kappa shape index (κ1) is 16.9. The van der Waals surface area contributed by atoms with Crippen LogP contribution in [0.5, 0.6) is 5.75 Å². The molecule has 1 aromatic carbocycles. The molecule has 0 saturated heterocycles. The zero-order valence-corrected chi connectivity index (χ0v) is 12.6. The van der Waals surface area contributed by atoms with Gasteiger partial charge < -0.3 is 5.11 Å². The molecular weight excluding hydrogens is 308 g/mol. The molecule has 1 aromatic rings. The van der Waals surface area contributed by atoms with Gasteiger partial charge in [0.2, 0.25) is 0 Å². The number of rotatable bonds is 6. The van der Waals surface area contributed by atoms with Crippen LogP contribution in [-0.4, -0.2) is 32.6 Å². The van der Waals surface area contributed by atoms with Crippen molar-refractivity contribution >= 4 is 20.2 Å². The Morgan fingerprint density at radius 1 is 1.20 bits per heavy atom. The molecule has 0 aliphatic rings. The Hall–Kier alpha value is -1.16. The third-order valence-electron chi connectivity index (χ3n) is 2.46. The van der Waals surface area contributed by atoms with Gasteiger partial charge in [-0.05, 0) is 25.5 Å². The predicted octanol–water partition coefficient (Wildman–Crippen LogP) is 1.53. The summed E-state index contributed by atoms with van der Waals surface area (Å²) < 4.78 is 60.3. The number of hydrogen-bond donors (Lipinski definition) is 2. The SMILES string of the molecule is CCCC(C)OS(=O)(=O)c1ccc(O)cc1S(=O)(=O)O. The molecule has 1 rings (SSSR count). The molecule has 0 fully saturated rings. The summed E-state index contributed by atoms with van der Waals surface area (Å²) in [6.07, 6.45) is 0.531. The lowest BCUT2D eigenvalue weighted by atomic mass is 10.2. The highest BCUT2D eigenvalue weighted by Gasteiger charge is 2.28. The van der Waals surface area contributed by atoms with E-state index in [1.165, 1.54) is 6.92 Å². The second-order valence-electron chi connectivity index (χ2n) is 4.26. The second-order valence-corrected chi connectivity index (χ2v) is 7.19. The number of phenols is 1. The van der Waals surface area contributed by atoms with Crippen LogP contribution in [0.25, 0.3) is 0 Å². The van der Waals surface area contributed by atoms with Gasteiger partial charge in [0.15, 0.2) is 0 Å². The Bertz CT molecular complexity index is 677. The third kappa shape index (κ3) is 4.17. The smallest absolute Gasteiger partial charge is 0.298 e. The molecule has 0 aliphatic carbocycles. The number of aromatic hydroxyl groups is 1. The molecule has 114 valence electrons. The van der Waals surface area contributed by atoms with Gasteiger partial charge in [0.05, 0.1) is 6.10 Å². The molecule has 20 heavy (non-hydrogen) atoms. The first-order valence-electron chi connectivity index (χ1n) is 5.81. The molecule has 1 unspecified atom stereocenters. The molecule has 0 spiro atoms. The summed E-state index contributed by atoms with van der Waals surface area (Å²) in [5, 5.41) is 9.22. The van der Waals surface area contributed by atoms with E-state index in [0.29, 0.717) is 18.9 Å². The highest BCUT2D eigenvalue weighted by molar-refractivity contribution is 7.89. The quantitative estimate of drug-likeness (QED) is 0.601. The minimum atomic E-state index is -4.81. The van der Waals surface area contributed by atoms with Crippen LogP contribution in [0.3, 0.4) is 0 Å². The van der Waals surface area contributed by atoms with Crippen molar-refractivity contribution in [3.05, 3.63) is 18.2 Å². The maximum atomic E-state index is 12.0. The number of hydrogen-bond acceptors (Lipinski definition) is 6. The van der Waals surface area contributed by atoms with E-state index in [1.807, 2.05) is 6.92 Å². The fourth-order valence-electron chi connectivity index (χ4n) is 1.63. The predicted molar refractivity (Wildman–Crippen MR) is 70.6 cm³/mol. The topological polar surface area (TPSA) is 118 Å². The van der Waals surface area contributed by atoms with E-state index in [9.17, 15) is 21.9 Å². The van der Waals surface area contributed by atoms with Crippen molar-refractivity contribution in [1.82, 2.24) is 0 Å². The fourth-order valence-corrected chi connectivity index (χ4v) is 4.01. The van der Waals surface area contributed by atoms with Crippen molar-refractivity contribution in [1.29, 1.82) is 0 Å². The van der Waals surface area contributed by atoms with E-state index < -0.39 is 41.9 Å². The van der Waals surface area contributed by atoms with Crippen molar-refractivity contribution in [3.8, 4) is 5.75 Å². The van der Waals surface area contributed by atoms with Crippen molar-refractivity contribution in [2.75, 3.05) is 0 Å². The molecule has 0 aromatic heterocycles. The highest BCUT2D eigenvalue weighted by atomic mass is 32.2. The van der Waals surface area contributed by atoms with Gasteiger partial charge in [-0.25, -0.2) is 0 Å². The van der Waals surface area contributed by atoms with Crippen molar-refractivity contribution in [2.45, 2.75) is 42.6 Å². The first-order chi connectivity index (χ1) is 9.08. The van der Waals surface area contributed by atoms with Gasteiger partial charge in [0.1, 0.15) is 15.5 Å². The Morgan fingerprint density at radius 2 is 1.80 bits per heavy atom. The van der Waals surface area contributed by atoms with Crippen LogP contribution < -0.4 is 0 Å². The molecular formula is C11H16O7S2. The summed E-state index contributed by atoms with van der Waals surface area (Å²) >= 11 is 0. The minimum absolute atomic E-state index is 0.471. The molecule has 7 nitrogen and oxygen atoms in total. The normalized spacial score (nSPS) is 14.2. The molecule has 0 radical (unpaired) electrons. The summed E-state index contributed by atoms with van der Waals surface area (Å²) in [5.41, 5.74) is 0. The molecule has 0 amide bonds. The minimum Gasteiger partial charge on any atom is -0.508 e.